The maximum absolute atomic E-state index is 5.61. The van der Waals surface area contributed by atoms with Gasteiger partial charge in [0.1, 0.15) is 17.7 Å². The molecule has 6 nitrogen and oxygen atoms in total. The van der Waals surface area contributed by atoms with Gasteiger partial charge in [0.2, 0.25) is 5.89 Å². The minimum Gasteiger partial charge on any atom is -0.497 e. The topological polar surface area (TPSA) is 62.9 Å². The SMILES string of the molecule is CCNC(=NCc1coc(-c2cccs2)n1)N1CCC(c2ccc(OC)cc2)C1.I. The number of benzene rings is 1. The highest BCUT2D eigenvalue weighted by Gasteiger charge is 2.26. The molecule has 4 rings (SSSR count). The Kier molecular flexibility index (Phi) is 8.15. The molecule has 3 aromatic rings. The number of methoxy groups -OCH3 is 1. The summed E-state index contributed by atoms with van der Waals surface area (Å²) >= 11 is 1.62. The second-order valence-corrected chi connectivity index (χ2v) is 7.94. The van der Waals surface area contributed by atoms with Crippen LogP contribution in [0.25, 0.3) is 10.8 Å². The third kappa shape index (κ3) is 5.34. The van der Waals surface area contributed by atoms with E-state index in [9.17, 15) is 0 Å². The predicted molar refractivity (Wildman–Crippen MR) is 132 cm³/mol. The summed E-state index contributed by atoms with van der Waals surface area (Å²) in [5.74, 6) is 3.00. The van der Waals surface area contributed by atoms with Crippen LogP contribution in [0.5, 0.6) is 5.75 Å². The fourth-order valence-electron chi connectivity index (χ4n) is 3.58. The summed E-state index contributed by atoms with van der Waals surface area (Å²) in [5.41, 5.74) is 2.19. The molecule has 0 radical (unpaired) electrons. The number of oxazole rings is 1. The van der Waals surface area contributed by atoms with Gasteiger partial charge in [-0.3, -0.25) is 0 Å². The Bertz CT molecular complexity index is 940. The van der Waals surface area contributed by atoms with E-state index in [1.807, 2.05) is 29.6 Å². The first-order valence-corrected chi connectivity index (χ1v) is 10.8. The van der Waals surface area contributed by atoms with E-state index in [0.29, 0.717) is 18.4 Å². The highest BCUT2D eigenvalue weighted by Crippen LogP contribution is 2.29. The van der Waals surface area contributed by atoms with Crippen LogP contribution in [0.4, 0.5) is 0 Å². The number of thiophene rings is 1. The number of guanidine groups is 1. The van der Waals surface area contributed by atoms with Gasteiger partial charge in [-0.05, 0) is 42.5 Å². The first-order valence-electron chi connectivity index (χ1n) is 9.92. The van der Waals surface area contributed by atoms with Crippen molar-refractivity contribution in [2.45, 2.75) is 25.8 Å². The van der Waals surface area contributed by atoms with Crippen LogP contribution in [0.15, 0.2) is 57.5 Å². The van der Waals surface area contributed by atoms with E-state index in [1.165, 1.54) is 5.56 Å². The standard InChI is InChI=1S/C22H26N4O2S.HI/c1-3-23-22(24-13-18-15-28-21(25-18)20-5-4-12-29-20)26-11-10-17(14-26)16-6-8-19(27-2)9-7-16;/h4-9,12,15,17H,3,10-11,13-14H2,1-2H3,(H,23,24);1H. The highest BCUT2D eigenvalue weighted by atomic mass is 127. The van der Waals surface area contributed by atoms with E-state index >= 15 is 0 Å². The molecule has 1 fully saturated rings. The first kappa shape index (κ1) is 22.6. The number of hydrogen-bond donors (Lipinski definition) is 1. The lowest BCUT2D eigenvalue weighted by Crippen LogP contribution is -2.40. The van der Waals surface area contributed by atoms with Crippen molar-refractivity contribution in [3.63, 3.8) is 0 Å². The molecule has 30 heavy (non-hydrogen) atoms. The van der Waals surface area contributed by atoms with Gasteiger partial charge in [-0.1, -0.05) is 18.2 Å². The van der Waals surface area contributed by atoms with Crippen molar-refractivity contribution in [1.82, 2.24) is 15.2 Å². The minimum atomic E-state index is 0. The van der Waals surface area contributed by atoms with Crippen molar-refractivity contribution in [2.24, 2.45) is 4.99 Å². The molecule has 0 aliphatic carbocycles. The number of rotatable bonds is 6. The van der Waals surface area contributed by atoms with Gasteiger partial charge in [-0.15, -0.1) is 35.3 Å². The van der Waals surface area contributed by atoms with E-state index in [-0.39, 0.29) is 24.0 Å². The third-order valence-corrected chi connectivity index (χ3v) is 5.94. The zero-order valence-electron chi connectivity index (χ0n) is 17.2. The average molecular weight is 538 g/mol. The molecular formula is C22H27IN4O2S. The Morgan fingerprint density at radius 3 is 2.87 bits per heavy atom. The van der Waals surface area contributed by atoms with Gasteiger partial charge in [0.05, 0.1) is 18.5 Å². The smallest absolute Gasteiger partial charge is 0.236 e. The number of aliphatic imine (C=N–C) groups is 1. The van der Waals surface area contributed by atoms with Crippen molar-refractivity contribution in [2.75, 3.05) is 26.7 Å². The van der Waals surface area contributed by atoms with Crippen LogP contribution in [0.2, 0.25) is 0 Å². The summed E-state index contributed by atoms with van der Waals surface area (Å²) in [6.07, 6.45) is 2.81. The molecule has 0 bridgehead atoms. The van der Waals surface area contributed by atoms with E-state index in [2.05, 4.69) is 34.3 Å². The van der Waals surface area contributed by atoms with Gasteiger partial charge in [-0.2, -0.15) is 0 Å². The summed E-state index contributed by atoms with van der Waals surface area (Å²) in [6.45, 7) is 5.37. The summed E-state index contributed by atoms with van der Waals surface area (Å²) in [5, 5.41) is 5.44. The van der Waals surface area contributed by atoms with Crippen LogP contribution in [-0.2, 0) is 6.54 Å². The summed E-state index contributed by atoms with van der Waals surface area (Å²) in [7, 11) is 1.70. The first-order chi connectivity index (χ1) is 14.3. The van der Waals surface area contributed by atoms with Gasteiger partial charge in [0.25, 0.3) is 0 Å². The number of nitrogens with one attached hydrogen (secondary N) is 1. The van der Waals surface area contributed by atoms with Crippen molar-refractivity contribution < 1.29 is 9.15 Å². The lowest BCUT2D eigenvalue weighted by molar-refractivity contribution is 0.414. The molecule has 1 aliphatic rings. The Balaban J connectivity index is 0.00000256. The molecule has 1 aromatic carbocycles. The Hall–Kier alpha value is -2.07. The number of hydrogen-bond acceptors (Lipinski definition) is 5. The molecule has 3 heterocycles. The van der Waals surface area contributed by atoms with Crippen LogP contribution in [0.1, 0.15) is 30.5 Å². The lowest BCUT2D eigenvalue weighted by Gasteiger charge is -2.21. The zero-order valence-corrected chi connectivity index (χ0v) is 20.4. The molecule has 2 aromatic heterocycles. The zero-order chi connectivity index (χ0) is 20.1. The van der Waals surface area contributed by atoms with Gasteiger partial charge < -0.3 is 19.4 Å². The summed E-state index contributed by atoms with van der Waals surface area (Å²) in [4.78, 5) is 12.7. The van der Waals surface area contributed by atoms with Gasteiger partial charge in [-0.25, -0.2) is 9.98 Å². The van der Waals surface area contributed by atoms with Gasteiger partial charge >= 0.3 is 0 Å². The molecule has 1 N–H and O–H groups in total. The fraction of sp³-hybridized carbons (Fsp3) is 0.364. The van der Waals surface area contributed by atoms with E-state index in [0.717, 1.165) is 48.3 Å². The van der Waals surface area contributed by atoms with Crippen LogP contribution < -0.4 is 10.1 Å². The Labute approximate surface area is 198 Å². The lowest BCUT2D eigenvalue weighted by atomic mass is 9.98. The van der Waals surface area contributed by atoms with Crippen molar-refractivity contribution in [3.8, 4) is 16.5 Å². The van der Waals surface area contributed by atoms with Crippen LogP contribution in [0, 0.1) is 0 Å². The second-order valence-electron chi connectivity index (χ2n) is 7.00. The quantitative estimate of drug-likeness (QED) is 0.273. The number of likely N-dealkylation sites (tertiary alicyclic amines) is 1. The molecule has 1 atom stereocenters. The van der Waals surface area contributed by atoms with Crippen LogP contribution in [-0.4, -0.2) is 42.6 Å². The van der Waals surface area contributed by atoms with Crippen LogP contribution in [0.3, 0.4) is 0 Å². The molecule has 160 valence electrons. The van der Waals surface area contributed by atoms with E-state index in [4.69, 9.17) is 14.1 Å². The molecular weight excluding hydrogens is 511 g/mol. The molecule has 0 amide bonds. The van der Waals surface area contributed by atoms with Crippen molar-refractivity contribution in [3.05, 3.63) is 59.3 Å². The molecule has 1 aliphatic heterocycles. The third-order valence-electron chi connectivity index (χ3n) is 5.08. The maximum atomic E-state index is 5.61. The second kappa shape index (κ2) is 10.8. The Morgan fingerprint density at radius 2 is 2.17 bits per heavy atom. The van der Waals surface area contributed by atoms with Gasteiger partial charge in [0.15, 0.2) is 5.96 Å². The van der Waals surface area contributed by atoms with E-state index < -0.39 is 0 Å². The number of nitrogens with zero attached hydrogens (tertiary/aromatic N) is 3. The summed E-state index contributed by atoms with van der Waals surface area (Å²) < 4.78 is 10.9. The molecule has 0 saturated carbocycles. The van der Waals surface area contributed by atoms with Crippen molar-refractivity contribution >= 4 is 41.3 Å². The normalized spacial score (nSPS) is 16.4. The minimum absolute atomic E-state index is 0. The predicted octanol–water partition coefficient (Wildman–Crippen LogP) is 4.98. The van der Waals surface area contributed by atoms with Crippen LogP contribution >= 0.6 is 35.3 Å². The molecule has 1 saturated heterocycles. The van der Waals surface area contributed by atoms with Gasteiger partial charge in [0, 0.05) is 25.6 Å². The number of halogens is 1. The molecule has 8 heteroatoms. The average Bonchev–Trinajstić information content (AvgIpc) is 3.52. The molecule has 1 unspecified atom stereocenters. The monoisotopic (exact) mass is 538 g/mol. The largest absolute Gasteiger partial charge is 0.497 e. The van der Waals surface area contributed by atoms with Crippen molar-refractivity contribution in [1.29, 1.82) is 0 Å². The van der Waals surface area contributed by atoms with E-state index in [1.54, 1.807) is 24.7 Å². The number of aromatic nitrogens is 1. The number of ether oxygens (including phenoxy) is 1. The highest BCUT2D eigenvalue weighted by molar-refractivity contribution is 14.0. The molecule has 0 spiro atoms. The maximum Gasteiger partial charge on any atom is 0.236 e. The fourth-order valence-corrected chi connectivity index (χ4v) is 4.23. The Morgan fingerprint density at radius 1 is 1.33 bits per heavy atom. The summed E-state index contributed by atoms with van der Waals surface area (Å²) in [6, 6.07) is 12.4.